The van der Waals surface area contributed by atoms with Gasteiger partial charge in [0.1, 0.15) is 0 Å². The number of unbranched alkanes of at least 4 members (excludes halogenated alkanes) is 6. The highest BCUT2D eigenvalue weighted by Crippen LogP contribution is 2.14. The van der Waals surface area contributed by atoms with Gasteiger partial charge < -0.3 is 10.2 Å². The molecule has 1 unspecified atom stereocenters. The number of aliphatic hydroxyl groups excluding tert-OH is 1. The molecule has 0 bridgehead atoms. The Morgan fingerprint density at radius 2 is 1.50 bits per heavy atom. The maximum atomic E-state index is 10.5. The molecule has 0 radical (unpaired) electrons. The fourth-order valence-electron chi connectivity index (χ4n) is 2.99. The van der Waals surface area contributed by atoms with Gasteiger partial charge >= 0.3 is 5.97 Å². The molecule has 0 saturated carbocycles. The second kappa shape index (κ2) is 13.0. The van der Waals surface area contributed by atoms with E-state index in [1.165, 1.54) is 50.5 Å². The third-order valence-electron chi connectivity index (χ3n) is 4.49. The summed E-state index contributed by atoms with van der Waals surface area (Å²) in [5, 5.41) is 18.6. The van der Waals surface area contributed by atoms with Crippen molar-refractivity contribution in [1.29, 1.82) is 0 Å². The molecule has 136 valence electrons. The monoisotopic (exact) mass is 334 g/mol. The van der Waals surface area contributed by atoms with Crippen LogP contribution in [0, 0.1) is 0 Å². The summed E-state index contributed by atoms with van der Waals surface area (Å²) >= 11 is 0. The molecule has 0 saturated heterocycles. The first-order valence-electron chi connectivity index (χ1n) is 9.59. The van der Waals surface area contributed by atoms with E-state index >= 15 is 0 Å². The molecule has 24 heavy (non-hydrogen) atoms. The van der Waals surface area contributed by atoms with Gasteiger partial charge in [-0.05, 0) is 43.2 Å². The lowest BCUT2D eigenvalue weighted by atomic mass is 10.00. The number of benzene rings is 1. The number of aliphatic hydroxyl groups is 1. The smallest absolute Gasteiger partial charge is 0.303 e. The van der Waals surface area contributed by atoms with Gasteiger partial charge in [0.05, 0.1) is 6.10 Å². The van der Waals surface area contributed by atoms with Crippen LogP contribution in [0.4, 0.5) is 0 Å². The van der Waals surface area contributed by atoms with Crippen LogP contribution in [0.2, 0.25) is 0 Å². The lowest BCUT2D eigenvalue weighted by Gasteiger charge is -2.10. The predicted molar refractivity (Wildman–Crippen MR) is 99.3 cm³/mol. The van der Waals surface area contributed by atoms with E-state index in [-0.39, 0.29) is 6.42 Å². The van der Waals surface area contributed by atoms with Crippen molar-refractivity contribution in [2.24, 2.45) is 0 Å². The van der Waals surface area contributed by atoms with Crippen molar-refractivity contribution in [3.8, 4) is 0 Å². The van der Waals surface area contributed by atoms with E-state index in [9.17, 15) is 9.90 Å². The molecular weight excluding hydrogens is 300 g/mol. The molecule has 0 spiro atoms. The lowest BCUT2D eigenvalue weighted by molar-refractivity contribution is -0.137. The van der Waals surface area contributed by atoms with Crippen molar-refractivity contribution >= 4 is 5.97 Å². The van der Waals surface area contributed by atoms with Crippen molar-refractivity contribution in [3.63, 3.8) is 0 Å². The molecule has 0 amide bonds. The quantitative estimate of drug-likeness (QED) is 0.463. The minimum Gasteiger partial charge on any atom is -0.481 e. The zero-order chi connectivity index (χ0) is 17.6. The van der Waals surface area contributed by atoms with Gasteiger partial charge in [-0.3, -0.25) is 4.79 Å². The molecule has 1 aromatic rings. The Kier molecular flexibility index (Phi) is 11.2. The maximum Gasteiger partial charge on any atom is 0.303 e. The van der Waals surface area contributed by atoms with Crippen LogP contribution >= 0.6 is 0 Å². The van der Waals surface area contributed by atoms with E-state index in [1.807, 2.05) is 0 Å². The molecule has 0 aromatic heterocycles. The molecule has 0 aliphatic heterocycles. The largest absolute Gasteiger partial charge is 0.481 e. The van der Waals surface area contributed by atoms with Crippen LogP contribution in [-0.2, 0) is 17.6 Å². The molecule has 1 atom stereocenters. The van der Waals surface area contributed by atoms with Gasteiger partial charge in [0.2, 0.25) is 0 Å². The standard InChI is InChI=1S/C21H34O3/c1-2-3-4-5-6-7-8-10-18-13-15-19(16-14-18)17-20(22)11-9-12-21(23)24/h13-16,20,22H,2-12,17H2,1H3,(H,23,24). The van der Waals surface area contributed by atoms with E-state index in [0.717, 1.165) is 12.0 Å². The summed E-state index contributed by atoms with van der Waals surface area (Å²) in [7, 11) is 0. The van der Waals surface area contributed by atoms with E-state index in [2.05, 4.69) is 31.2 Å². The summed E-state index contributed by atoms with van der Waals surface area (Å²) in [6.45, 7) is 2.25. The number of aryl methyl sites for hydroxylation is 1. The van der Waals surface area contributed by atoms with Crippen molar-refractivity contribution in [1.82, 2.24) is 0 Å². The van der Waals surface area contributed by atoms with Gasteiger partial charge in [-0.15, -0.1) is 0 Å². The predicted octanol–water partition coefficient (Wildman–Crippen LogP) is 5.14. The topological polar surface area (TPSA) is 57.5 Å². The van der Waals surface area contributed by atoms with Gasteiger partial charge in [0.25, 0.3) is 0 Å². The summed E-state index contributed by atoms with van der Waals surface area (Å²) in [6.07, 6.45) is 11.8. The molecule has 0 aliphatic rings. The number of carbonyl (C=O) groups is 1. The zero-order valence-electron chi connectivity index (χ0n) is 15.2. The van der Waals surface area contributed by atoms with E-state index < -0.39 is 12.1 Å². The number of hydrogen-bond acceptors (Lipinski definition) is 2. The van der Waals surface area contributed by atoms with E-state index in [0.29, 0.717) is 19.3 Å². The summed E-state index contributed by atoms with van der Waals surface area (Å²) in [5.41, 5.74) is 2.49. The second-order valence-electron chi connectivity index (χ2n) is 6.83. The van der Waals surface area contributed by atoms with Crippen LogP contribution in [0.5, 0.6) is 0 Å². The van der Waals surface area contributed by atoms with Gasteiger partial charge in [-0.1, -0.05) is 69.7 Å². The molecule has 0 aliphatic carbocycles. The molecule has 2 N–H and O–H groups in total. The Hall–Kier alpha value is -1.35. The summed E-state index contributed by atoms with van der Waals surface area (Å²) < 4.78 is 0. The average molecular weight is 335 g/mol. The van der Waals surface area contributed by atoms with Crippen LogP contribution in [0.3, 0.4) is 0 Å². The lowest BCUT2D eigenvalue weighted by Crippen LogP contribution is -2.11. The Balaban J connectivity index is 2.17. The molecule has 3 heteroatoms. The normalized spacial score (nSPS) is 12.2. The van der Waals surface area contributed by atoms with Crippen molar-refractivity contribution in [2.75, 3.05) is 0 Å². The Morgan fingerprint density at radius 1 is 0.917 bits per heavy atom. The molecule has 0 heterocycles. The van der Waals surface area contributed by atoms with Gasteiger partial charge in [0.15, 0.2) is 0 Å². The summed E-state index contributed by atoms with van der Waals surface area (Å²) in [5.74, 6) is -0.795. The molecular formula is C21H34O3. The van der Waals surface area contributed by atoms with Crippen LogP contribution in [-0.4, -0.2) is 22.3 Å². The number of carboxylic acid groups (broad SMARTS) is 1. The summed E-state index contributed by atoms with van der Waals surface area (Å²) in [4.78, 5) is 10.5. The van der Waals surface area contributed by atoms with Crippen molar-refractivity contribution in [3.05, 3.63) is 35.4 Å². The number of aliphatic carboxylic acids is 1. The van der Waals surface area contributed by atoms with Gasteiger partial charge in [-0.2, -0.15) is 0 Å². The minimum absolute atomic E-state index is 0.133. The number of rotatable bonds is 14. The first kappa shape index (κ1) is 20.7. The van der Waals surface area contributed by atoms with Crippen LogP contribution in [0.1, 0.15) is 82.3 Å². The first-order valence-corrected chi connectivity index (χ1v) is 9.59. The molecule has 3 nitrogen and oxygen atoms in total. The Morgan fingerprint density at radius 3 is 2.12 bits per heavy atom. The summed E-state index contributed by atoms with van der Waals surface area (Å²) in [6, 6.07) is 8.51. The second-order valence-corrected chi connectivity index (χ2v) is 6.83. The zero-order valence-corrected chi connectivity index (χ0v) is 15.2. The highest BCUT2D eigenvalue weighted by atomic mass is 16.4. The first-order chi connectivity index (χ1) is 11.6. The number of hydrogen-bond donors (Lipinski definition) is 2. The van der Waals surface area contributed by atoms with Crippen molar-refractivity contribution in [2.45, 2.75) is 90.1 Å². The van der Waals surface area contributed by atoms with Crippen LogP contribution in [0.15, 0.2) is 24.3 Å². The average Bonchev–Trinajstić information content (AvgIpc) is 2.55. The molecule has 1 rings (SSSR count). The SMILES string of the molecule is CCCCCCCCCc1ccc(CC(O)CCCC(=O)O)cc1. The van der Waals surface area contributed by atoms with Crippen LogP contribution < -0.4 is 0 Å². The highest BCUT2D eigenvalue weighted by molar-refractivity contribution is 5.66. The van der Waals surface area contributed by atoms with Gasteiger partial charge in [-0.25, -0.2) is 0 Å². The van der Waals surface area contributed by atoms with E-state index in [1.54, 1.807) is 0 Å². The minimum atomic E-state index is -0.795. The van der Waals surface area contributed by atoms with Crippen LogP contribution in [0.25, 0.3) is 0 Å². The van der Waals surface area contributed by atoms with Gasteiger partial charge in [0, 0.05) is 6.42 Å². The van der Waals surface area contributed by atoms with E-state index in [4.69, 9.17) is 5.11 Å². The number of carboxylic acids is 1. The Bertz CT molecular complexity index is 439. The highest BCUT2D eigenvalue weighted by Gasteiger charge is 2.07. The third-order valence-corrected chi connectivity index (χ3v) is 4.49. The Labute approximate surface area is 147 Å². The third kappa shape index (κ3) is 10.4. The fourth-order valence-corrected chi connectivity index (χ4v) is 2.99. The fraction of sp³-hybridized carbons (Fsp3) is 0.667. The molecule has 0 fully saturated rings. The maximum absolute atomic E-state index is 10.5. The van der Waals surface area contributed by atoms with Crippen molar-refractivity contribution < 1.29 is 15.0 Å². The molecule has 1 aromatic carbocycles.